The van der Waals surface area contributed by atoms with Crippen LogP contribution in [-0.4, -0.2) is 12.6 Å². The zero-order valence-electron chi connectivity index (χ0n) is 10.1. The zero-order valence-corrected chi connectivity index (χ0v) is 10.1. The summed E-state index contributed by atoms with van der Waals surface area (Å²) in [5.74, 6) is -0.163. The minimum Gasteiger partial charge on any atom is -0.466 e. The molecule has 0 spiro atoms. The second-order valence-corrected chi connectivity index (χ2v) is 4.49. The lowest BCUT2D eigenvalue weighted by Gasteiger charge is -2.24. The monoisotopic (exact) mass is 221 g/mol. The second-order valence-electron chi connectivity index (χ2n) is 4.49. The summed E-state index contributed by atoms with van der Waals surface area (Å²) in [4.78, 5) is 11.5. The number of nitrogens with two attached hydrogens (primary N) is 1. The Kier molecular flexibility index (Phi) is 3.93. The Bertz CT molecular complexity index is 355. The van der Waals surface area contributed by atoms with Crippen molar-refractivity contribution >= 4 is 11.7 Å². The van der Waals surface area contributed by atoms with Crippen LogP contribution in [0.15, 0.2) is 24.3 Å². The van der Waals surface area contributed by atoms with Crippen molar-refractivity contribution in [2.24, 2.45) is 0 Å². The van der Waals surface area contributed by atoms with Gasteiger partial charge in [0.05, 0.1) is 13.0 Å². The van der Waals surface area contributed by atoms with Crippen molar-refractivity contribution in [3.63, 3.8) is 0 Å². The fraction of sp³-hybridized carbons (Fsp3) is 0.462. The summed E-state index contributed by atoms with van der Waals surface area (Å²) >= 11 is 0. The summed E-state index contributed by atoms with van der Waals surface area (Å²) in [7, 11) is 0. The summed E-state index contributed by atoms with van der Waals surface area (Å²) in [5, 5.41) is 0. The van der Waals surface area contributed by atoms with Crippen molar-refractivity contribution in [1.82, 2.24) is 0 Å². The van der Waals surface area contributed by atoms with Gasteiger partial charge in [0, 0.05) is 11.1 Å². The molecule has 0 bridgehead atoms. The molecule has 0 radical (unpaired) electrons. The molecule has 0 fully saturated rings. The minimum atomic E-state index is -0.222. The molecule has 3 heteroatoms. The van der Waals surface area contributed by atoms with E-state index in [-0.39, 0.29) is 11.4 Å². The molecule has 1 aromatic rings. The van der Waals surface area contributed by atoms with Crippen LogP contribution in [0.25, 0.3) is 0 Å². The molecule has 1 rings (SSSR count). The molecule has 0 unspecified atom stereocenters. The highest BCUT2D eigenvalue weighted by molar-refractivity contribution is 5.71. The number of hydrogen-bond donors (Lipinski definition) is 1. The quantitative estimate of drug-likeness (QED) is 0.627. The molecule has 0 aliphatic rings. The first-order valence-corrected chi connectivity index (χ1v) is 5.47. The van der Waals surface area contributed by atoms with Gasteiger partial charge in [-0.3, -0.25) is 4.79 Å². The molecule has 0 aliphatic carbocycles. The van der Waals surface area contributed by atoms with Crippen molar-refractivity contribution in [2.45, 2.75) is 32.6 Å². The lowest BCUT2D eigenvalue weighted by atomic mass is 9.81. The Balaban J connectivity index is 2.76. The third kappa shape index (κ3) is 3.26. The maximum absolute atomic E-state index is 11.5. The van der Waals surface area contributed by atoms with Crippen LogP contribution in [0, 0.1) is 0 Å². The van der Waals surface area contributed by atoms with Crippen LogP contribution in [-0.2, 0) is 14.9 Å². The molecule has 0 aromatic heterocycles. The van der Waals surface area contributed by atoms with Crippen LogP contribution in [0.2, 0.25) is 0 Å². The van der Waals surface area contributed by atoms with E-state index in [9.17, 15) is 4.79 Å². The number of carbonyl (C=O) groups is 1. The average Bonchev–Trinajstić information content (AvgIpc) is 2.17. The highest BCUT2D eigenvalue weighted by Crippen LogP contribution is 2.27. The Morgan fingerprint density at radius 2 is 1.88 bits per heavy atom. The SMILES string of the molecule is CCOC(=O)CC(C)(C)c1ccc(N)cc1. The van der Waals surface area contributed by atoms with Gasteiger partial charge in [-0.2, -0.15) is 0 Å². The van der Waals surface area contributed by atoms with Crippen molar-refractivity contribution in [1.29, 1.82) is 0 Å². The average molecular weight is 221 g/mol. The first kappa shape index (κ1) is 12.6. The Morgan fingerprint density at radius 3 is 2.38 bits per heavy atom. The van der Waals surface area contributed by atoms with Gasteiger partial charge < -0.3 is 10.5 Å². The summed E-state index contributed by atoms with van der Waals surface area (Å²) < 4.78 is 4.96. The lowest BCUT2D eigenvalue weighted by Crippen LogP contribution is -2.23. The van der Waals surface area contributed by atoms with E-state index in [1.165, 1.54) is 0 Å². The van der Waals surface area contributed by atoms with E-state index >= 15 is 0 Å². The van der Waals surface area contributed by atoms with Gasteiger partial charge in [0.25, 0.3) is 0 Å². The second kappa shape index (κ2) is 5.01. The van der Waals surface area contributed by atoms with Crippen molar-refractivity contribution < 1.29 is 9.53 Å². The van der Waals surface area contributed by atoms with Crippen LogP contribution in [0.5, 0.6) is 0 Å². The highest BCUT2D eigenvalue weighted by Gasteiger charge is 2.24. The fourth-order valence-corrected chi connectivity index (χ4v) is 1.61. The zero-order chi connectivity index (χ0) is 12.2. The molecule has 16 heavy (non-hydrogen) atoms. The first-order valence-electron chi connectivity index (χ1n) is 5.47. The van der Waals surface area contributed by atoms with Crippen molar-refractivity contribution in [3.8, 4) is 0 Å². The highest BCUT2D eigenvalue weighted by atomic mass is 16.5. The topological polar surface area (TPSA) is 52.3 Å². The van der Waals surface area contributed by atoms with Crippen LogP contribution in [0.1, 0.15) is 32.8 Å². The Labute approximate surface area is 96.6 Å². The summed E-state index contributed by atoms with van der Waals surface area (Å²) in [6.07, 6.45) is 0.380. The molecule has 0 amide bonds. The van der Waals surface area contributed by atoms with Gasteiger partial charge >= 0.3 is 5.97 Å². The third-order valence-electron chi connectivity index (χ3n) is 2.58. The van der Waals surface area contributed by atoms with E-state index in [1.807, 2.05) is 45.0 Å². The number of anilines is 1. The van der Waals surface area contributed by atoms with Gasteiger partial charge in [0.2, 0.25) is 0 Å². The maximum Gasteiger partial charge on any atom is 0.306 e. The lowest BCUT2D eigenvalue weighted by molar-refractivity contribution is -0.144. The summed E-state index contributed by atoms with van der Waals surface area (Å²) in [6.45, 7) is 6.29. The molecule has 0 saturated carbocycles. The summed E-state index contributed by atoms with van der Waals surface area (Å²) in [5.41, 5.74) is 7.23. The van der Waals surface area contributed by atoms with Crippen LogP contribution >= 0.6 is 0 Å². The normalized spacial score (nSPS) is 11.2. The van der Waals surface area contributed by atoms with Gasteiger partial charge in [-0.25, -0.2) is 0 Å². The van der Waals surface area contributed by atoms with Crippen molar-refractivity contribution in [3.05, 3.63) is 29.8 Å². The van der Waals surface area contributed by atoms with Gasteiger partial charge in [-0.1, -0.05) is 26.0 Å². The molecule has 0 heterocycles. The maximum atomic E-state index is 11.5. The van der Waals surface area contributed by atoms with E-state index < -0.39 is 0 Å². The van der Waals surface area contributed by atoms with E-state index in [1.54, 1.807) is 0 Å². The van der Waals surface area contributed by atoms with Gasteiger partial charge in [0.1, 0.15) is 0 Å². The number of carbonyl (C=O) groups excluding carboxylic acids is 1. The smallest absolute Gasteiger partial charge is 0.306 e. The van der Waals surface area contributed by atoms with E-state index in [0.717, 1.165) is 11.3 Å². The molecular formula is C13H19NO2. The molecular weight excluding hydrogens is 202 g/mol. The molecule has 0 atom stereocenters. The first-order chi connectivity index (χ1) is 7.45. The summed E-state index contributed by atoms with van der Waals surface area (Å²) in [6, 6.07) is 7.60. The Hall–Kier alpha value is -1.51. The van der Waals surface area contributed by atoms with Gasteiger partial charge in [-0.15, -0.1) is 0 Å². The molecule has 1 aromatic carbocycles. The van der Waals surface area contributed by atoms with Gasteiger partial charge in [-0.05, 0) is 24.6 Å². The molecule has 2 N–H and O–H groups in total. The van der Waals surface area contributed by atoms with Gasteiger partial charge in [0.15, 0.2) is 0 Å². The van der Waals surface area contributed by atoms with Crippen molar-refractivity contribution in [2.75, 3.05) is 12.3 Å². The number of hydrogen-bond acceptors (Lipinski definition) is 3. The number of esters is 1. The fourth-order valence-electron chi connectivity index (χ4n) is 1.61. The number of ether oxygens (including phenoxy) is 1. The third-order valence-corrected chi connectivity index (χ3v) is 2.58. The van der Waals surface area contributed by atoms with Crippen LogP contribution in [0.4, 0.5) is 5.69 Å². The molecule has 88 valence electrons. The molecule has 3 nitrogen and oxygen atoms in total. The predicted octanol–water partition coefficient (Wildman–Crippen LogP) is 2.50. The van der Waals surface area contributed by atoms with E-state index in [0.29, 0.717) is 13.0 Å². The van der Waals surface area contributed by atoms with E-state index in [2.05, 4.69) is 0 Å². The molecule has 0 aliphatic heterocycles. The number of nitrogen functional groups attached to an aromatic ring is 1. The standard InChI is InChI=1S/C13H19NO2/c1-4-16-12(15)9-13(2,3)10-5-7-11(14)8-6-10/h5-8H,4,9,14H2,1-3H3. The van der Waals surface area contributed by atoms with E-state index in [4.69, 9.17) is 10.5 Å². The van der Waals surface area contributed by atoms with Crippen LogP contribution < -0.4 is 5.73 Å². The largest absolute Gasteiger partial charge is 0.466 e. The van der Waals surface area contributed by atoms with Crippen LogP contribution in [0.3, 0.4) is 0 Å². The number of benzene rings is 1. The number of rotatable bonds is 4. The molecule has 0 saturated heterocycles. The Morgan fingerprint density at radius 1 is 1.31 bits per heavy atom. The predicted molar refractivity (Wildman–Crippen MR) is 65.1 cm³/mol. The minimum absolute atomic E-state index is 0.163.